The quantitative estimate of drug-likeness (QED) is 0.330. The van der Waals surface area contributed by atoms with Crippen LogP contribution in [0, 0.1) is 5.82 Å². The van der Waals surface area contributed by atoms with E-state index >= 15 is 0 Å². The number of carbonyl (C=O) groups is 3. The van der Waals surface area contributed by atoms with Gasteiger partial charge in [-0.25, -0.2) is 14.0 Å². The minimum absolute atomic E-state index is 0.102. The van der Waals surface area contributed by atoms with E-state index in [9.17, 15) is 45.1 Å². The van der Waals surface area contributed by atoms with Crippen LogP contribution in [-0.4, -0.2) is 34.0 Å². The topological polar surface area (TPSA) is 140 Å². The van der Waals surface area contributed by atoms with Crippen molar-refractivity contribution in [3.8, 4) is 0 Å². The molecule has 17 heteroatoms. The average molecular weight is 548 g/mol. The number of primary amides is 1. The zero-order chi connectivity index (χ0) is 28.3. The number of aromatic nitrogens is 2. The van der Waals surface area contributed by atoms with E-state index in [-0.39, 0.29) is 28.8 Å². The van der Waals surface area contributed by atoms with E-state index in [2.05, 4.69) is 25.9 Å². The van der Waals surface area contributed by atoms with Gasteiger partial charge in [0.1, 0.15) is 5.82 Å². The normalized spacial score (nSPS) is 11.6. The van der Waals surface area contributed by atoms with Crippen molar-refractivity contribution < 1.29 is 50.0 Å². The Labute approximate surface area is 207 Å². The number of urea groups is 1. The SMILES string of the molecule is NC(=O)c1nn(OC(=O)C(F)(F)F)cc1NCc1cccc(NC(=O)Nc2cc(F)cc(C(F)(F)F)c2)c1. The van der Waals surface area contributed by atoms with Gasteiger partial charge in [0.2, 0.25) is 0 Å². The Kier molecular flexibility index (Phi) is 7.78. The van der Waals surface area contributed by atoms with Gasteiger partial charge in [0.05, 0.1) is 17.4 Å². The van der Waals surface area contributed by atoms with E-state index in [4.69, 9.17) is 5.73 Å². The van der Waals surface area contributed by atoms with Crippen LogP contribution in [0.2, 0.25) is 0 Å². The molecule has 0 aliphatic rings. The molecule has 1 aromatic heterocycles. The first-order chi connectivity index (χ1) is 17.6. The van der Waals surface area contributed by atoms with Crippen molar-refractivity contribution in [1.29, 1.82) is 0 Å². The maximum absolute atomic E-state index is 13.5. The van der Waals surface area contributed by atoms with Crippen molar-refractivity contribution >= 4 is 35.0 Å². The summed E-state index contributed by atoms with van der Waals surface area (Å²) in [5, 5.41) is 10.5. The highest BCUT2D eigenvalue weighted by molar-refractivity contribution is 6.00. The minimum Gasteiger partial charge on any atom is -0.378 e. The monoisotopic (exact) mass is 548 g/mol. The molecular formula is C21H15F7N6O4. The molecule has 2 aromatic carbocycles. The van der Waals surface area contributed by atoms with Gasteiger partial charge in [-0.15, -0.1) is 5.10 Å². The lowest BCUT2D eigenvalue weighted by molar-refractivity contribution is -0.201. The molecule has 3 rings (SSSR count). The number of halogens is 7. The van der Waals surface area contributed by atoms with Crippen LogP contribution in [-0.2, 0) is 17.5 Å². The fourth-order valence-corrected chi connectivity index (χ4v) is 2.92. The molecule has 0 fully saturated rings. The smallest absolute Gasteiger partial charge is 0.378 e. The Hall–Kier alpha value is -4.83. The Balaban J connectivity index is 1.67. The van der Waals surface area contributed by atoms with Crippen LogP contribution < -0.4 is 26.5 Å². The number of alkyl halides is 6. The Bertz CT molecular complexity index is 1370. The molecule has 0 radical (unpaired) electrons. The number of nitrogens with one attached hydrogen (secondary N) is 3. The van der Waals surface area contributed by atoms with Gasteiger partial charge in [0, 0.05) is 17.9 Å². The molecule has 0 spiro atoms. The minimum atomic E-state index is -5.32. The van der Waals surface area contributed by atoms with Gasteiger partial charge in [-0.05, 0) is 35.9 Å². The summed E-state index contributed by atoms with van der Waals surface area (Å²) in [6.45, 7) is -0.102. The Morgan fingerprint density at radius 1 is 0.974 bits per heavy atom. The third kappa shape index (κ3) is 7.34. The number of nitrogens with two attached hydrogens (primary N) is 1. The second kappa shape index (κ2) is 10.7. The van der Waals surface area contributed by atoms with E-state index in [0.717, 1.165) is 6.20 Å². The number of carbonyl (C=O) groups excluding carboxylic acids is 3. The summed E-state index contributed by atoms with van der Waals surface area (Å²) >= 11 is 0. The molecule has 0 unspecified atom stereocenters. The van der Waals surface area contributed by atoms with E-state index in [1.165, 1.54) is 24.3 Å². The molecule has 0 aliphatic carbocycles. The predicted octanol–water partition coefficient (Wildman–Crippen LogP) is 3.91. The highest BCUT2D eigenvalue weighted by Crippen LogP contribution is 2.31. The number of hydrogen-bond acceptors (Lipinski definition) is 6. The molecule has 0 bridgehead atoms. The average Bonchev–Trinajstić information content (AvgIpc) is 3.19. The molecule has 0 saturated heterocycles. The molecule has 3 amide bonds. The number of amides is 3. The fraction of sp³-hybridized carbons (Fsp3) is 0.143. The van der Waals surface area contributed by atoms with E-state index < -0.39 is 53.0 Å². The molecule has 38 heavy (non-hydrogen) atoms. The van der Waals surface area contributed by atoms with Gasteiger partial charge in [0.15, 0.2) is 5.69 Å². The number of benzene rings is 2. The maximum Gasteiger partial charge on any atom is 0.493 e. The van der Waals surface area contributed by atoms with Crippen molar-refractivity contribution in [1.82, 2.24) is 9.94 Å². The molecule has 3 aromatic rings. The third-order valence-corrected chi connectivity index (χ3v) is 4.49. The molecule has 5 N–H and O–H groups in total. The first-order valence-corrected chi connectivity index (χ1v) is 10.1. The van der Waals surface area contributed by atoms with Gasteiger partial charge in [-0.1, -0.05) is 17.0 Å². The fourth-order valence-electron chi connectivity index (χ4n) is 2.92. The highest BCUT2D eigenvalue weighted by Gasteiger charge is 2.42. The van der Waals surface area contributed by atoms with Crippen molar-refractivity contribution in [3.63, 3.8) is 0 Å². The van der Waals surface area contributed by atoms with Crippen LogP contribution in [0.15, 0.2) is 48.7 Å². The number of anilines is 3. The van der Waals surface area contributed by atoms with Crippen LogP contribution in [0.1, 0.15) is 21.6 Å². The second-order valence-corrected chi connectivity index (χ2v) is 7.39. The first-order valence-electron chi connectivity index (χ1n) is 10.1. The van der Waals surface area contributed by atoms with Crippen LogP contribution in [0.3, 0.4) is 0 Å². The summed E-state index contributed by atoms with van der Waals surface area (Å²) in [5.74, 6) is -4.95. The van der Waals surface area contributed by atoms with E-state index in [0.29, 0.717) is 17.7 Å². The van der Waals surface area contributed by atoms with Crippen LogP contribution >= 0.6 is 0 Å². The number of hydrogen-bond donors (Lipinski definition) is 4. The van der Waals surface area contributed by atoms with Gasteiger partial charge in [-0.3, -0.25) is 4.79 Å². The van der Waals surface area contributed by atoms with Crippen molar-refractivity contribution in [2.75, 3.05) is 16.0 Å². The number of nitrogens with zero attached hydrogens (tertiary/aromatic N) is 2. The zero-order valence-electron chi connectivity index (χ0n) is 18.6. The van der Waals surface area contributed by atoms with Crippen LogP contribution in [0.25, 0.3) is 0 Å². The van der Waals surface area contributed by atoms with Crippen LogP contribution in [0.5, 0.6) is 0 Å². The summed E-state index contributed by atoms with van der Waals surface area (Å²) in [7, 11) is 0. The molecule has 202 valence electrons. The third-order valence-electron chi connectivity index (χ3n) is 4.49. The standard InChI is InChI=1S/C21H15F7N6O4/c22-12-5-11(20(23,24)25)6-14(7-12)32-19(37)31-13-3-1-2-10(4-13)8-30-15-9-34(33-16(15)17(29)35)38-18(36)21(26,27)28/h1-7,9,30H,8H2,(H2,29,35)(H2,31,32,37). The van der Waals surface area contributed by atoms with Gasteiger partial charge >= 0.3 is 24.4 Å². The molecule has 0 atom stereocenters. The predicted molar refractivity (Wildman–Crippen MR) is 116 cm³/mol. The van der Waals surface area contributed by atoms with Crippen molar-refractivity contribution in [2.45, 2.75) is 18.9 Å². The zero-order valence-corrected chi connectivity index (χ0v) is 18.6. The van der Waals surface area contributed by atoms with E-state index in [1.807, 2.05) is 0 Å². The summed E-state index contributed by atoms with van der Waals surface area (Å²) < 4.78 is 89.2. The lowest BCUT2D eigenvalue weighted by atomic mass is 10.2. The Morgan fingerprint density at radius 3 is 2.29 bits per heavy atom. The molecule has 1 heterocycles. The summed E-state index contributed by atoms with van der Waals surface area (Å²) in [6, 6.07) is 6.35. The molecule has 0 saturated carbocycles. The van der Waals surface area contributed by atoms with Gasteiger partial charge in [0.25, 0.3) is 5.91 Å². The summed E-state index contributed by atoms with van der Waals surface area (Å²) in [4.78, 5) is 38.8. The first kappa shape index (κ1) is 27.8. The second-order valence-electron chi connectivity index (χ2n) is 7.39. The molecule has 10 nitrogen and oxygen atoms in total. The maximum atomic E-state index is 13.5. The summed E-state index contributed by atoms with van der Waals surface area (Å²) in [5.41, 5.74) is 3.25. The lowest BCUT2D eigenvalue weighted by Gasteiger charge is -2.12. The van der Waals surface area contributed by atoms with Crippen molar-refractivity contribution in [3.05, 3.63) is 71.3 Å². The van der Waals surface area contributed by atoms with E-state index in [1.54, 1.807) is 0 Å². The molecule has 0 aliphatic heterocycles. The highest BCUT2D eigenvalue weighted by atomic mass is 19.4. The van der Waals surface area contributed by atoms with Gasteiger partial charge in [-0.2, -0.15) is 26.3 Å². The largest absolute Gasteiger partial charge is 0.493 e. The number of rotatable bonds is 7. The molecular weight excluding hydrogens is 533 g/mol. The van der Waals surface area contributed by atoms with Crippen LogP contribution in [0.4, 0.5) is 52.6 Å². The van der Waals surface area contributed by atoms with Gasteiger partial charge < -0.3 is 26.5 Å². The Morgan fingerprint density at radius 2 is 1.66 bits per heavy atom. The lowest BCUT2D eigenvalue weighted by Crippen LogP contribution is -2.33. The van der Waals surface area contributed by atoms with Crippen molar-refractivity contribution in [2.24, 2.45) is 5.73 Å². The summed E-state index contributed by atoms with van der Waals surface area (Å²) in [6.07, 6.45) is -9.38.